The number of rotatable bonds is 8. The molecule has 0 amide bonds. The minimum absolute atomic E-state index is 0.533. The van der Waals surface area contributed by atoms with Crippen molar-refractivity contribution >= 4 is 0 Å². The van der Waals surface area contributed by atoms with E-state index in [9.17, 15) is 0 Å². The fraction of sp³-hybridized carbons (Fsp3) is 0.323. The van der Waals surface area contributed by atoms with Crippen LogP contribution in [0.1, 0.15) is 62.0 Å². The minimum Gasteiger partial charge on any atom is -0.338 e. The summed E-state index contributed by atoms with van der Waals surface area (Å²) in [6.07, 6.45) is 12.7. The lowest BCUT2D eigenvalue weighted by Gasteiger charge is -2.25. The molecule has 1 heterocycles. The van der Waals surface area contributed by atoms with Gasteiger partial charge in [-0.15, -0.1) is 0 Å². The van der Waals surface area contributed by atoms with Crippen LogP contribution in [0.15, 0.2) is 85.1 Å². The van der Waals surface area contributed by atoms with E-state index in [0.717, 1.165) is 29.4 Å². The first-order valence-corrected chi connectivity index (χ1v) is 12.5. The second-order valence-corrected chi connectivity index (χ2v) is 9.49. The Morgan fingerprint density at radius 3 is 2.45 bits per heavy atom. The molecule has 33 heavy (non-hydrogen) atoms. The molecule has 2 heteroatoms. The highest BCUT2D eigenvalue weighted by Gasteiger charge is 2.20. The molecule has 1 fully saturated rings. The van der Waals surface area contributed by atoms with E-state index in [2.05, 4.69) is 88.8 Å². The lowest BCUT2D eigenvalue weighted by Crippen LogP contribution is -2.10. The van der Waals surface area contributed by atoms with Gasteiger partial charge in [0.15, 0.2) is 0 Å². The predicted octanol–water partition coefficient (Wildman–Crippen LogP) is 8.23. The maximum Gasteiger partial charge on any atom is 0.137 e. The third-order valence-corrected chi connectivity index (χ3v) is 7.25. The molecule has 4 aromatic rings. The van der Waals surface area contributed by atoms with Crippen molar-refractivity contribution in [3.8, 4) is 22.6 Å². The van der Waals surface area contributed by atoms with Crippen LogP contribution in [0.5, 0.6) is 0 Å². The number of nitrogens with one attached hydrogen (secondary N) is 1. The monoisotopic (exact) mass is 433 g/mol. The van der Waals surface area contributed by atoms with Gasteiger partial charge in [-0.2, -0.15) is 0 Å². The van der Waals surface area contributed by atoms with Crippen molar-refractivity contribution in [1.29, 1.82) is 0 Å². The molecule has 1 aliphatic carbocycles. The predicted molar refractivity (Wildman–Crippen MR) is 137 cm³/mol. The van der Waals surface area contributed by atoms with E-state index in [-0.39, 0.29) is 0 Å². The SMILES string of the molecule is [c]1ccc(CC(CCC2CCCCC2)c2ccccc2)c(-c2cnc(-c3ccccc3)[nH]2)c1. The van der Waals surface area contributed by atoms with Crippen LogP contribution in [-0.4, -0.2) is 9.97 Å². The van der Waals surface area contributed by atoms with Crippen LogP contribution in [-0.2, 0) is 6.42 Å². The van der Waals surface area contributed by atoms with E-state index in [4.69, 9.17) is 0 Å². The topological polar surface area (TPSA) is 28.7 Å². The average molecular weight is 434 g/mol. The second-order valence-electron chi connectivity index (χ2n) is 9.49. The van der Waals surface area contributed by atoms with E-state index in [1.54, 1.807) is 0 Å². The van der Waals surface area contributed by atoms with Gasteiger partial charge in [-0.1, -0.05) is 105 Å². The Bertz CT molecular complexity index is 1120. The van der Waals surface area contributed by atoms with Gasteiger partial charge in [0.25, 0.3) is 0 Å². The van der Waals surface area contributed by atoms with E-state index in [1.165, 1.54) is 61.6 Å². The number of H-pyrrole nitrogens is 1. The van der Waals surface area contributed by atoms with Crippen LogP contribution in [0.2, 0.25) is 0 Å². The normalized spacial score (nSPS) is 15.4. The number of nitrogens with zero attached hydrogens (tertiary/aromatic N) is 1. The van der Waals surface area contributed by atoms with E-state index in [1.807, 2.05) is 12.3 Å². The quantitative estimate of drug-likeness (QED) is 0.298. The minimum atomic E-state index is 0.533. The molecule has 1 N–H and O–H groups in total. The van der Waals surface area contributed by atoms with Gasteiger partial charge in [0.2, 0.25) is 0 Å². The van der Waals surface area contributed by atoms with Crippen molar-refractivity contribution in [2.75, 3.05) is 0 Å². The van der Waals surface area contributed by atoms with Gasteiger partial charge in [-0.25, -0.2) is 4.98 Å². The Morgan fingerprint density at radius 1 is 0.909 bits per heavy atom. The molecule has 1 aliphatic rings. The summed E-state index contributed by atoms with van der Waals surface area (Å²) in [7, 11) is 0. The molecular formula is C31H33N2. The standard InChI is InChI=1S/C31H33N2/c1-4-12-24(13-5-1)20-21-27(25-14-6-2-7-15-25)22-28-18-10-11-19-29(28)30-23-32-31(33-30)26-16-8-3-9-17-26/h2-3,6-10,14-19,23-24,27H,1,4-5,12-13,20-22H2,(H,32,33). The number of aromatic nitrogens is 2. The van der Waals surface area contributed by atoms with Gasteiger partial charge < -0.3 is 4.98 Å². The summed E-state index contributed by atoms with van der Waals surface area (Å²) in [6.45, 7) is 0. The number of hydrogen-bond acceptors (Lipinski definition) is 1. The Kier molecular flexibility index (Phi) is 7.01. The van der Waals surface area contributed by atoms with Crippen molar-refractivity contribution in [3.63, 3.8) is 0 Å². The van der Waals surface area contributed by atoms with Gasteiger partial charge in [0, 0.05) is 11.1 Å². The summed E-state index contributed by atoms with van der Waals surface area (Å²) in [6, 6.07) is 31.1. The summed E-state index contributed by atoms with van der Waals surface area (Å²) in [5.41, 5.74) is 6.22. The van der Waals surface area contributed by atoms with Crippen molar-refractivity contribution in [2.24, 2.45) is 5.92 Å². The molecule has 1 saturated carbocycles. The first-order valence-electron chi connectivity index (χ1n) is 12.5. The Labute approximate surface area is 198 Å². The highest BCUT2D eigenvalue weighted by molar-refractivity contribution is 5.67. The fourth-order valence-electron chi connectivity index (χ4n) is 5.38. The van der Waals surface area contributed by atoms with E-state index in [0.29, 0.717) is 5.92 Å². The third kappa shape index (κ3) is 5.45. The molecule has 167 valence electrons. The van der Waals surface area contributed by atoms with Crippen LogP contribution in [0.4, 0.5) is 0 Å². The molecule has 1 unspecified atom stereocenters. The third-order valence-electron chi connectivity index (χ3n) is 7.25. The zero-order valence-electron chi connectivity index (χ0n) is 19.3. The van der Waals surface area contributed by atoms with E-state index < -0.39 is 0 Å². The zero-order valence-corrected chi connectivity index (χ0v) is 19.3. The van der Waals surface area contributed by atoms with Crippen LogP contribution in [0.25, 0.3) is 22.6 Å². The maximum absolute atomic E-state index is 4.67. The summed E-state index contributed by atoms with van der Waals surface area (Å²) in [4.78, 5) is 8.22. The highest BCUT2D eigenvalue weighted by atomic mass is 14.9. The summed E-state index contributed by atoms with van der Waals surface area (Å²) < 4.78 is 0. The van der Waals surface area contributed by atoms with Gasteiger partial charge in [-0.3, -0.25) is 0 Å². The Balaban J connectivity index is 1.39. The molecule has 5 rings (SSSR count). The molecular weight excluding hydrogens is 400 g/mol. The molecule has 0 bridgehead atoms. The summed E-state index contributed by atoms with van der Waals surface area (Å²) in [5.74, 6) is 2.36. The molecule has 3 aromatic carbocycles. The molecule has 0 spiro atoms. The number of benzene rings is 3. The smallest absolute Gasteiger partial charge is 0.137 e. The average Bonchev–Trinajstić information content (AvgIpc) is 3.39. The molecule has 0 aliphatic heterocycles. The van der Waals surface area contributed by atoms with Gasteiger partial charge in [0.05, 0.1) is 11.9 Å². The molecule has 2 nitrogen and oxygen atoms in total. The van der Waals surface area contributed by atoms with E-state index >= 15 is 0 Å². The summed E-state index contributed by atoms with van der Waals surface area (Å²) in [5, 5.41) is 0. The zero-order chi connectivity index (χ0) is 22.3. The van der Waals surface area contributed by atoms with Gasteiger partial charge in [0.1, 0.15) is 5.82 Å². The molecule has 0 saturated heterocycles. The summed E-state index contributed by atoms with van der Waals surface area (Å²) >= 11 is 0. The first kappa shape index (κ1) is 21.7. The van der Waals surface area contributed by atoms with Gasteiger partial charge in [-0.05, 0) is 54.4 Å². The second kappa shape index (κ2) is 10.7. The lowest BCUT2D eigenvalue weighted by molar-refractivity contribution is 0.323. The number of hydrogen-bond donors (Lipinski definition) is 1. The molecule has 1 radical (unpaired) electrons. The Morgan fingerprint density at radius 2 is 1.67 bits per heavy atom. The number of imidazole rings is 1. The van der Waals surface area contributed by atoms with Crippen molar-refractivity contribution < 1.29 is 0 Å². The van der Waals surface area contributed by atoms with Crippen molar-refractivity contribution in [3.05, 3.63) is 102 Å². The van der Waals surface area contributed by atoms with Crippen LogP contribution in [0, 0.1) is 12.0 Å². The van der Waals surface area contributed by atoms with Crippen LogP contribution >= 0.6 is 0 Å². The number of aromatic amines is 1. The van der Waals surface area contributed by atoms with Gasteiger partial charge >= 0.3 is 0 Å². The first-order chi connectivity index (χ1) is 16.4. The van der Waals surface area contributed by atoms with Crippen LogP contribution < -0.4 is 0 Å². The Hall–Kier alpha value is -3.13. The molecule has 1 atom stereocenters. The fourth-order valence-corrected chi connectivity index (χ4v) is 5.38. The van der Waals surface area contributed by atoms with Crippen molar-refractivity contribution in [2.45, 2.75) is 57.3 Å². The largest absolute Gasteiger partial charge is 0.338 e. The van der Waals surface area contributed by atoms with Crippen molar-refractivity contribution in [1.82, 2.24) is 9.97 Å². The molecule has 1 aromatic heterocycles. The lowest BCUT2D eigenvalue weighted by atomic mass is 9.80. The highest BCUT2D eigenvalue weighted by Crippen LogP contribution is 2.35. The van der Waals surface area contributed by atoms with Crippen LogP contribution in [0.3, 0.4) is 0 Å². The maximum atomic E-state index is 4.67.